The average molecular weight is 622 g/mol. The minimum atomic E-state index is -0.408. The number of benzene rings is 3. The van der Waals surface area contributed by atoms with E-state index in [1.165, 1.54) is 12.8 Å². The molecular weight excluding hydrogens is 588 g/mol. The van der Waals surface area contributed by atoms with Gasteiger partial charge in [-0.15, -0.1) is 0 Å². The summed E-state index contributed by atoms with van der Waals surface area (Å²) in [6, 6.07) is 22.6. The fraction of sp³-hybridized carbons (Fsp3) is 0.344. The summed E-state index contributed by atoms with van der Waals surface area (Å²) >= 11 is 9.81. The summed E-state index contributed by atoms with van der Waals surface area (Å²) in [5, 5.41) is 1.03. The zero-order chi connectivity index (χ0) is 28.2. The van der Waals surface area contributed by atoms with Crippen LogP contribution >= 0.6 is 27.5 Å². The number of rotatable bonds is 9. The first-order valence-electron chi connectivity index (χ1n) is 13.9. The van der Waals surface area contributed by atoms with Crippen molar-refractivity contribution in [2.75, 3.05) is 19.6 Å². The van der Waals surface area contributed by atoms with Crippen LogP contribution < -0.4 is 5.56 Å². The first kappa shape index (κ1) is 28.5. The lowest BCUT2D eigenvalue weighted by molar-refractivity contribution is 0.0626. The molecule has 1 aliphatic heterocycles. The Morgan fingerprint density at radius 2 is 1.88 bits per heavy atom. The molecule has 0 bridgehead atoms. The largest absolute Gasteiger partial charge is 0.327 e. The topological polar surface area (TPSA) is 58.4 Å². The first-order chi connectivity index (χ1) is 19.4. The maximum Gasteiger partial charge on any atom is 0.261 e. The summed E-state index contributed by atoms with van der Waals surface area (Å²) in [5.74, 6) is 0.504. The van der Waals surface area contributed by atoms with Gasteiger partial charge >= 0.3 is 0 Å². The van der Waals surface area contributed by atoms with Gasteiger partial charge < -0.3 is 4.90 Å². The van der Waals surface area contributed by atoms with Crippen molar-refractivity contribution >= 4 is 44.3 Å². The summed E-state index contributed by atoms with van der Waals surface area (Å²) in [5.41, 5.74) is 2.01. The molecule has 0 spiro atoms. The monoisotopic (exact) mass is 620 g/mol. The first-order valence-corrected chi connectivity index (χ1v) is 15.1. The Kier molecular flexibility index (Phi) is 9.03. The van der Waals surface area contributed by atoms with Crippen molar-refractivity contribution in [1.29, 1.82) is 0 Å². The summed E-state index contributed by atoms with van der Waals surface area (Å²) in [6.45, 7) is 6.99. The molecule has 5 rings (SSSR count). The predicted octanol–water partition coefficient (Wildman–Crippen LogP) is 6.94. The van der Waals surface area contributed by atoms with Crippen LogP contribution in [0.25, 0.3) is 10.9 Å². The zero-order valence-electron chi connectivity index (χ0n) is 22.9. The minimum Gasteiger partial charge on any atom is -0.327 e. The molecule has 1 saturated heterocycles. The van der Waals surface area contributed by atoms with E-state index in [4.69, 9.17) is 16.6 Å². The molecule has 1 amide bonds. The second kappa shape index (κ2) is 12.7. The highest BCUT2D eigenvalue weighted by atomic mass is 79.9. The number of hydrogen-bond donors (Lipinski definition) is 0. The van der Waals surface area contributed by atoms with E-state index in [1.54, 1.807) is 22.8 Å². The smallest absolute Gasteiger partial charge is 0.261 e. The van der Waals surface area contributed by atoms with E-state index >= 15 is 0 Å². The maximum atomic E-state index is 14.1. The van der Waals surface area contributed by atoms with E-state index in [2.05, 4.69) is 27.8 Å². The van der Waals surface area contributed by atoms with E-state index in [0.29, 0.717) is 52.9 Å². The minimum absolute atomic E-state index is 0.0714. The van der Waals surface area contributed by atoms with Crippen LogP contribution in [0.15, 0.2) is 82.1 Å². The molecule has 0 radical (unpaired) electrons. The Morgan fingerprint density at radius 3 is 2.55 bits per heavy atom. The van der Waals surface area contributed by atoms with Gasteiger partial charge in [0.2, 0.25) is 0 Å². The lowest BCUT2D eigenvalue weighted by Gasteiger charge is -2.34. The van der Waals surface area contributed by atoms with Crippen molar-refractivity contribution in [2.24, 2.45) is 0 Å². The number of fused-ring (bicyclic) bond motifs is 1. The third-order valence-corrected chi connectivity index (χ3v) is 8.63. The molecule has 3 aromatic carbocycles. The van der Waals surface area contributed by atoms with Gasteiger partial charge in [0.15, 0.2) is 0 Å². The van der Waals surface area contributed by atoms with E-state index in [0.717, 1.165) is 23.1 Å². The second-order valence-electron chi connectivity index (χ2n) is 10.5. The van der Waals surface area contributed by atoms with Crippen LogP contribution in [0.2, 0.25) is 5.02 Å². The molecule has 1 aliphatic rings. The van der Waals surface area contributed by atoms with Crippen molar-refractivity contribution in [2.45, 2.75) is 51.7 Å². The molecule has 1 aromatic heterocycles. The third-order valence-electron chi connectivity index (χ3n) is 7.86. The number of likely N-dealkylation sites (tertiary alicyclic amines) is 1. The van der Waals surface area contributed by atoms with Gasteiger partial charge in [0.1, 0.15) is 5.82 Å². The standard InChI is InChI=1S/C32H34BrClN4O2/c1-3-29(37(19-18-36-17-7-8-22(36)2)31(39)24-11-13-25(33)14-12-24)30-35-28-20-26(34)15-16-27(28)32(40)38(30)21-23-9-5-4-6-10-23/h4-6,9-16,20,22,29H,3,7-8,17-19,21H2,1-2H3. The number of aromatic nitrogens is 2. The Hall–Kier alpha value is -3.00. The van der Waals surface area contributed by atoms with E-state index in [-0.39, 0.29) is 11.5 Å². The SMILES string of the molecule is CCC(c1nc2cc(Cl)ccc2c(=O)n1Cc1ccccc1)N(CCN1CCCC1C)C(=O)c1ccc(Br)cc1. The van der Waals surface area contributed by atoms with E-state index in [9.17, 15) is 9.59 Å². The molecule has 1 fully saturated rings. The summed E-state index contributed by atoms with van der Waals surface area (Å²) < 4.78 is 2.65. The van der Waals surface area contributed by atoms with Crippen molar-refractivity contribution in [3.8, 4) is 0 Å². The van der Waals surface area contributed by atoms with Gasteiger partial charge in [0.25, 0.3) is 11.5 Å². The van der Waals surface area contributed by atoms with Crippen LogP contribution in [0.3, 0.4) is 0 Å². The zero-order valence-corrected chi connectivity index (χ0v) is 25.2. The van der Waals surface area contributed by atoms with Gasteiger partial charge in [-0.05, 0) is 80.8 Å². The molecular formula is C32H34BrClN4O2. The van der Waals surface area contributed by atoms with Gasteiger partial charge in [-0.3, -0.25) is 19.1 Å². The highest BCUT2D eigenvalue weighted by Crippen LogP contribution is 2.28. The van der Waals surface area contributed by atoms with Crippen LogP contribution in [0, 0.1) is 0 Å². The van der Waals surface area contributed by atoms with E-state index < -0.39 is 6.04 Å². The Balaban J connectivity index is 1.63. The van der Waals surface area contributed by atoms with Crippen LogP contribution in [-0.4, -0.2) is 50.9 Å². The van der Waals surface area contributed by atoms with Crippen LogP contribution in [0.1, 0.15) is 60.9 Å². The van der Waals surface area contributed by atoms with Crippen LogP contribution in [-0.2, 0) is 6.54 Å². The second-order valence-corrected chi connectivity index (χ2v) is 11.8. The Bertz CT molecular complexity index is 1540. The van der Waals surface area contributed by atoms with Crippen molar-refractivity contribution < 1.29 is 4.79 Å². The summed E-state index contributed by atoms with van der Waals surface area (Å²) in [4.78, 5) is 37.5. The number of carbonyl (C=O) groups excluding carboxylic acids is 1. The highest BCUT2D eigenvalue weighted by Gasteiger charge is 2.31. The lowest BCUT2D eigenvalue weighted by atomic mass is 10.1. The molecule has 2 atom stereocenters. The molecule has 4 aromatic rings. The van der Waals surface area contributed by atoms with Crippen molar-refractivity contribution in [3.05, 3.63) is 110 Å². The number of halogens is 2. The van der Waals surface area contributed by atoms with Crippen molar-refractivity contribution in [1.82, 2.24) is 19.4 Å². The maximum absolute atomic E-state index is 14.1. The number of amides is 1. The lowest BCUT2D eigenvalue weighted by Crippen LogP contribution is -2.43. The van der Waals surface area contributed by atoms with Gasteiger partial charge in [0, 0.05) is 34.2 Å². The molecule has 40 heavy (non-hydrogen) atoms. The number of nitrogens with zero attached hydrogens (tertiary/aromatic N) is 4. The third kappa shape index (κ3) is 6.17. The molecule has 2 heterocycles. The Labute approximate surface area is 248 Å². The fourth-order valence-corrected chi connectivity index (χ4v) is 6.08. The van der Waals surface area contributed by atoms with Crippen LogP contribution in [0.5, 0.6) is 0 Å². The molecule has 2 unspecified atom stereocenters. The molecule has 8 heteroatoms. The fourth-order valence-electron chi connectivity index (χ4n) is 5.65. The number of carbonyl (C=O) groups is 1. The van der Waals surface area contributed by atoms with Crippen molar-refractivity contribution in [3.63, 3.8) is 0 Å². The average Bonchev–Trinajstić information content (AvgIpc) is 3.37. The summed E-state index contributed by atoms with van der Waals surface area (Å²) in [6.07, 6.45) is 2.94. The van der Waals surface area contributed by atoms with Gasteiger partial charge in [-0.1, -0.05) is 64.8 Å². The molecule has 0 aliphatic carbocycles. The molecule has 208 valence electrons. The summed E-state index contributed by atoms with van der Waals surface area (Å²) in [7, 11) is 0. The van der Waals surface area contributed by atoms with Gasteiger partial charge in [-0.2, -0.15) is 0 Å². The Morgan fingerprint density at radius 1 is 1.12 bits per heavy atom. The van der Waals surface area contributed by atoms with Crippen LogP contribution in [0.4, 0.5) is 0 Å². The normalized spacial score (nSPS) is 16.4. The number of hydrogen-bond acceptors (Lipinski definition) is 4. The van der Waals surface area contributed by atoms with E-state index in [1.807, 2.05) is 66.4 Å². The highest BCUT2D eigenvalue weighted by molar-refractivity contribution is 9.10. The molecule has 6 nitrogen and oxygen atoms in total. The predicted molar refractivity (Wildman–Crippen MR) is 165 cm³/mol. The molecule has 0 N–H and O–H groups in total. The molecule has 0 saturated carbocycles. The van der Waals surface area contributed by atoms with Gasteiger partial charge in [-0.25, -0.2) is 4.98 Å². The quantitative estimate of drug-likeness (QED) is 0.203. The van der Waals surface area contributed by atoms with Gasteiger partial charge in [0.05, 0.1) is 23.5 Å².